The molecule has 3 N–H and O–H groups in total. The van der Waals surface area contributed by atoms with Gasteiger partial charge in [0.2, 0.25) is 0 Å². The number of fused-ring (bicyclic) bond motifs is 2. The van der Waals surface area contributed by atoms with Crippen LogP contribution in [-0.4, -0.2) is 38.1 Å². The first-order valence-corrected chi connectivity index (χ1v) is 6.65. The summed E-state index contributed by atoms with van der Waals surface area (Å²) in [6.45, 7) is 3.25. The number of aliphatic hydroxyl groups is 2. The van der Waals surface area contributed by atoms with Gasteiger partial charge < -0.3 is 14.9 Å². The van der Waals surface area contributed by atoms with Crippen LogP contribution in [0.2, 0.25) is 0 Å². The number of allylic oxidation sites excluding steroid dienone is 1. The molecule has 0 unspecified atom stereocenters. The van der Waals surface area contributed by atoms with E-state index in [4.69, 9.17) is 4.74 Å². The van der Waals surface area contributed by atoms with Crippen LogP contribution in [0.25, 0.3) is 0 Å². The molecule has 112 valence electrons. The highest BCUT2D eigenvalue weighted by Gasteiger charge is 2.58. The lowest BCUT2D eigenvalue weighted by atomic mass is 9.77. The largest absolute Gasteiger partial charge is 0.393 e. The second kappa shape index (κ2) is 4.80. The van der Waals surface area contributed by atoms with Gasteiger partial charge in [0, 0.05) is 18.2 Å². The molecule has 3 rings (SSSR count). The molecule has 2 heterocycles. The molecule has 1 aliphatic carbocycles. The highest BCUT2D eigenvalue weighted by atomic mass is 16.6. The molecule has 0 spiro atoms. The van der Waals surface area contributed by atoms with Gasteiger partial charge in [-0.15, -0.1) is 0 Å². The molecule has 1 aliphatic heterocycles. The van der Waals surface area contributed by atoms with Crippen molar-refractivity contribution in [3.8, 4) is 0 Å². The molecule has 1 aromatic rings. The lowest BCUT2D eigenvalue weighted by Gasteiger charge is -2.34. The fourth-order valence-corrected chi connectivity index (χ4v) is 3.16. The van der Waals surface area contributed by atoms with Gasteiger partial charge in [-0.1, -0.05) is 18.7 Å². The molecule has 4 atom stereocenters. The Morgan fingerprint density at radius 3 is 2.95 bits per heavy atom. The smallest absolute Gasteiger partial charge is 0.330 e. The Hall–Kier alpha value is -1.96. The maximum atomic E-state index is 11.9. The Balaban J connectivity index is 2.08. The van der Waals surface area contributed by atoms with E-state index in [1.807, 2.05) is 6.08 Å². The van der Waals surface area contributed by atoms with Crippen molar-refractivity contribution in [1.29, 1.82) is 0 Å². The Labute approximate surface area is 119 Å². The topological polar surface area (TPSA) is 105 Å². The van der Waals surface area contributed by atoms with Crippen LogP contribution in [0, 0.1) is 5.92 Å². The predicted octanol–water partition coefficient (Wildman–Crippen LogP) is -0.710. The minimum atomic E-state index is -1.27. The number of nitrogens with one attached hydrogen (secondary N) is 1. The van der Waals surface area contributed by atoms with Crippen LogP contribution < -0.4 is 11.2 Å². The highest BCUT2D eigenvalue weighted by molar-refractivity contribution is 5.35. The molecule has 2 bridgehead atoms. The summed E-state index contributed by atoms with van der Waals surface area (Å²) >= 11 is 0. The zero-order valence-corrected chi connectivity index (χ0v) is 11.2. The van der Waals surface area contributed by atoms with E-state index in [1.54, 1.807) is 0 Å². The maximum Gasteiger partial charge on any atom is 0.330 e. The second-order valence-electron chi connectivity index (χ2n) is 5.28. The number of rotatable bonds is 3. The standard InChI is InChI=1S/C14H16N2O5/c1-2-8-3-4-9-11(19)14(8,7-17)21-12(9)16-6-5-10(18)15-13(16)20/h2-3,5-6,9,11-12,17,19H,1,4,7H2,(H,15,18,20)/t9-,11+,12-,14+/m1/s1. The summed E-state index contributed by atoms with van der Waals surface area (Å²) in [5, 5.41) is 20.2. The van der Waals surface area contributed by atoms with Crippen LogP contribution in [0.3, 0.4) is 0 Å². The third-order valence-electron chi connectivity index (χ3n) is 4.26. The van der Waals surface area contributed by atoms with Crippen molar-refractivity contribution in [2.45, 2.75) is 24.4 Å². The Morgan fingerprint density at radius 1 is 1.57 bits per heavy atom. The van der Waals surface area contributed by atoms with E-state index in [9.17, 15) is 19.8 Å². The summed E-state index contributed by atoms with van der Waals surface area (Å²) in [6, 6.07) is 1.22. The van der Waals surface area contributed by atoms with Crippen molar-refractivity contribution in [3.05, 3.63) is 57.4 Å². The number of aromatic nitrogens is 2. The van der Waals surface area contributed by atoms with E-state index in [-0.39, 0.29) is 5.92 Å². The van der Waals surface area contributed by atoms with Gasteiger partial charge in [-0.2, -0.15) is 0 Å². The van der Waals surface area contributed by atoms with Crippen LogP contribution in [0.4, 0.5) is 0 Å². The first kappa shape index (κ1) is 14.0. The minimum absolute atomic E-state index is 0.385. The molecule has 1 aromatic heterocycles. The van der Waals surface area contributed by atoms with Gasteiger partial charge in [-0.3, -0.25) is 14.3 Å². The first-order chi connectivity index (χ1) is 10.0. The molecule has 1 fully saturated rings. The highest BCUT2D eigenvalue weighted by Crippen LogP contribution is 2.49. The number of H-pyrrole nitrogens is 1. The fourth-order valence-electron chi connectivity index (χ4n) is 3.16. The van der Waals surface area contributed by atoms with Gasteiger partial charge >= 0.3 is 5.69 Å². The third-order valence-corrected chi connectivity index (χ3v) is 4.26. The van der Waals surface area contributed by atoms with Crippen LogP contribution in [0.1, 0.15) is 12.6 Å². The molecule has 0 amide bonds. The number of aromatic amines is 1. The predicted molar refractivity (Wildman–Crippen MR) is 73.7 cm³/mol. The van der Waals surface area contributed by atoms with Gasteiger partial charge in [-0.25, -0.2) is 4.79 Å². The molecule has 1 saturated heterocycles. The third kappa shape index (κ3) is 1.85. The van der Waals surface area contributed by atoms with Gasteiger partial charge in [0.1, 0.15) is 11.8 Å². The first-order valence-electron chi connectivity index (χ1n) is 6.65. The van der Waals surface area contributed by atoms with E-state index < -0.39 is 35.8 Å². The summed E-state index contributed by atoms with van der Waals surface area (Å²) in [4.78, 5) is 25.2. The van der Waals surface area contributed by atoms with Crippen molar-refractivity contribution >= 4 is 0 Å². The number of aliphatic hydroxyl groups excluding tert-OH is 2. The monoisotopic (exact) mass is 292 g/mol. The van der Waals surface area contributed by atoms with E-state index >= 15 is 0 Å². The minimum Gasteiger partial charge on any atom is -0.393 e. The molecule has 0 radical (unpaired) electrons. The normalized spacial score (nSPS) is 34.6. The summed E-state index contributed by atoms with van der Waals surface area (Å²) in [7, 11) is 0. The molecular weight excluding hydrogens is 276 g/mol. The summed E-state index contributed by atoms with van der Waals surface area (Å²) < 4.78 is 7.07. The van der Waals surface area contributed by atoms with Crippen molar-refractivity contribution in [2.24, 2.45) is 5.92 Å². The Morgan fingerprint density at radius 2 is 2.33 bits per heavy atom. The van der Waals surface area contributed by atoms with Crippen LogP contribution >= 0.6 is 0 Å². The lowest BCUT2D eigenvalue weighted by molar-refractivity contribution is -0.102. The van der Waals surface area contributed by atoms with Gasteiger partial charge in [0.05, 0.1) is 12.7 Å². The second-order valence-corrected chi connectivity index (χ2v) is 5.28. The lowest BCUT2D eigenvalue weighted by Crippen LogP contribution is -2.48. The maximum absolute atomic E-state index is 11.9. The van der Waals surface area contributed by atoms with Gasteiger partial charge in [-0.05, 0) is 12.0 Å². The van der Waals surface area contributed by atoms with Crippen LogP contribution in [0.15, 0.2) is 46.2 Å². The summed E-state index contributed by atoms with van der Waals surface area (Å²) in [5.41, 5.74) is -1.78. The van der Waals surface area contributed by atoms with E-state index in [0.717, 1.165) is 0 Å². The van der Waals surface area contributed by atoms with Gasteiger partial charge in [0.25, 0.3) is 5.56 Å². The quantitative estimate of drug-likeness (QED) is 0.682. The van der Waals surface area contributed by atoms with E-state index in [2.05, 4.69) is 11.6 Å². The van der Waals surface area contributed by atoms with Crippen LogP contribution in [0.5, 0.6) is 0 Å². The molecule has 21 heavy (non-hydrogen) atoms. The van der Waals surface area contributed by atoms with E-state index in [1.165, 1.54) is 22.9 Å². The zero-order valence-electron chi connectivity index (χ0n) is 11.2. The molecule has 7 nitrogen and oxygen atoms in total. The van der Waals surface area contributed by atoms with Crippen molar-refractivity contribution < 1.29 is 14.9 Å². The van der Waals surface area contributed by atoms with Gasteiger partial charge in [0.15, 0.2) is 0 Å². The Bertz CT molecular complexity index is 719. The zero-order chi connectivity index (χ0) is 15.2. The SMILES string of the molecule is C=CC1=CC[C@H]2[C@H](n3ccc(=O)[nH]c3=O)O[C@]1(CO)[C@H]2O. The number of hydrogen-bond acceptors (Lipinski definition) is 5. The molecule has 0 aromatic carbocycles. The fraction of sp³-hybridized carbons (Fsp3) is 0.429. The molecule has 2 aliphatic rings. The summed E-state index contributed by atoms with van der Waals surface area (Å²) in [6.07, 6.45) is 3.48. The Kier molecular flexibility index (Phi) is 3.20. The average Bonchev–Trinajstić information content (AvgIpc) is 2.65. The molecule has 0 saturated carbocycles. The van der Waals surface area contributed by atoms with E-state index in [0.29, 0.717) is 12.0 Å². The summed E-state index contributed by atoms with van der Waals surface area (Å²) in [5.74, 6) is -0.385. The van der Waals surface area contributed by atoms with Crippen LogP contribution in [-0.2, 0) is 4.74 Å². The number of ether oxygens (including phenoxy) is 1. The molecular formula is C14H16N2O5. The van der Waals surface area contributed by atoms with Crippen molar-refractivity contribution in [1.82, 2.24) is 9.55 Å². The number of hydrogen-bond donors (Lipinski definition) is 3. The van der Waals surface area contributed by atoms with Crippen molar-refractivity contribution in [2.75, 3.05) is 6.61 Å². The average molecular weight is 292 g/mol. The molecule has 7 heteroatoms. The number of nitrogens with zero attached hydrogens (tertiary/aromatic N) is 1. The van der Waals surface area contributed by atoms with Crippen molar-refractivity contribution in [3.63, 3.8) is 0 Å².